The van der Waals surface area contributed by atoms with Crippen molar-refractivity contribution in [2.45, 2.75) is 32.3 Å². The standard InChI is InChI=1S/C19H18BrN3O5/c20-11-5-6-15-21-12(7-16(24)22(15)8-11)10-28-17(25)9-23-18(26)13-3-1-2-4-14(13)19(23)27/h5-8,13-14H,1-4,9-10H2. The van der Waals surface area contributed by atoms with E-state index in [1.807, 2.05) is 0 Å². The Bertz CT molecular complexity index is 1010. The van der Waals surface area contributed by atoms with E-state index in [2.05, 4.69) is 20.9 Å². The number of imide groups is 1. The Morgan fingerprint density at radius 1 is 1.14 bits per heavy atom. The molecule has 0 aromatic carbocycles. The zero-order valence-corrected chi connectivity index (χ0v) is 16.6. The average Bonchev–Trinajstić information content (AvgIpc) is 2.92. The lowest BCUT2D eigenvalue weighted by atomic mass is 9.81. The number of esters is 1. The second kappa shape index (κ2) is 7.46. The molecule has 0 bridgehead atoms. The van der Waals surface area contributed by atoms with Crippen LogP contribution in [0.25, 0.3) is 5.65 Å². The van der Waals surface area contributed by atoms with Gasteiger partial charge in [0.2, 0.25) is 11.8 Å². The maximum atomic E-state index is 12.4. The summed E-state index contributed by atoms with van der Waals surface area (Å²) in [4.78, 5) is 54.5. The molecule has 2 unspecified atom stereocenters. The second-order valence-corrected chi connectivity index (χ2v) is 8.00. The molecule has 4 rings (SSSR count). The van der Waals surface area contributed by atoms with Gasteiger partial charge in [0.15, 0.2) is 0 Å². The number of hydrogen-bond donors (Lipinski definition) is 0. The van der Waals surface area contributed by atoms with Gasteiger partial charge in [-0.1, -0.05) is 12.8 Å². The van der Waals surface area contributed by atoms with Gasteiger partial charge in [-0.25, -0.2) is 4.98 Å². The maximum absolute atomic E-state index is 12.4. The van der Waals surface area contributed by atoms with E-state index in [0.29, 0.717) is 24.2 Å². The van der Waals surface area contributed by atoms with Crippen molar-refractivity contribution in [3.8, 4) is 0 Å². The third kappa shape index (κ3) is 3.46. The van der Waals surface area contributed by atoms with Crippen molar-refractivity contribution >= 4 is 39.4 Å². The molecule has 0 spiro atoms. The summed E-state index contributed by atoms with van der Waals surface area (Å²) in [6.45, 7) is -0.603. The van der Waals surface area contributed by atoms with Gasteiger partial charge >= 0.3 is 5.97 Å². The van der Waals surface area contributed by atoms with E-state index in [4.69, 9.17) is 4.74 Å². The molecule has 9 heteroatoms. The Morgan fingerprint density at radius 2 is 1.82 bits per heavy atom. The van der Waals surface area contributed by atoms with Crippen LogP contribution in [-0.2, 0) is 25.7 Å². The van der Waals surface area contributed by atoms with Crippen LogP contribution >= 0.6 is 15.9 Å². The van der Waals surface area contributed by atoms with E-state index in [0.717, 1.165) is 22.2 Å². The fourth-order valence-electron chi connectivity index (χ4n) is 3.92. The Labute approximate surface area is 168 Å². The monoisotopic (exact) mass is 447 g/mol. The van der Waals surface area contributed by atoms with Crippen LogP contribution in [-0.4, -0.2) is 38.6 Å². The molecule has 1 saturated heterocycles. The summed E-state index contributed by atoms with van der Waals surface area (Å²) >= 11 is 3.29. The summed E-state index contributed by atoms with van der Waals surface area (Å²) in [5, 5.41) is 0. The van der Waals surface area contributed by atoms with Gasteiger partial charge in [0.1, 0.15) is 18.8 Å². The number of fused-ring (bicyclic) bond motifs is 2. The van der Waals surface area contributed by atoms with Gasteiger partial charge in [0.05, 0.1) is 17.5 Å². The highest BCUT2D eigenvalue weighted by Gasteiger charge is 2.48. The van der Waals surface area contributed by atoms with Gasteiger partial charge < -0.3 is 4.74 Å². The van der Waals surface area contributed by atoms with Crippen LogP contribution in [0.5, 0.6) is 0 Å². The Balaban J connectivity index is 1.41. The minimum absolute atomic E-state index is 0.205. The summed E-state index contributed by atoms with van der Waals surface area (Å²) < 4.78 is 7.28. The Kier molecular flexibility index (Phi) is 5.01. The second-order valence-electron chi connectivity index (χ2n) is 7.08. The molecule has 3 heterocycles. The van der Waals surface area contributed by atoms with Crippen LogP contribution < -0.4 is 5.56 Å². The number of aromatic nitrogens is 2. The number of halogens is 1. The van der Waals surface area contributed by atoms with Gasteiger partial charge in [-0.15, -0.1) is 0 Å². The van der Waals surface area contributed by atoms with Crippen LogP contribution in [0.2, 0.25) is 0 Å². The van der Waals surface area contributed by atoms with E-state index in [1.165, 1.54) is 10.5 Å². The normalized spacial score (nSPS) is 21.8. The van der Waals surface area contributed by atoms with Crippen molar-refractivity contribution in [3.63, 3.8) is 0 Å². The highest BCUT2D eigenvalue weighted by Crippen LogP contribution is 2.37. The quantitative estimate of drug-likeness (QED) is 0.522. The molecule has 2 aromatic heterocycles. The van der Waals surface area contributed by atoms with Gasteiger partial charge in [-0.3, -0.25) is 28.5 Å². The average molecular weight is 448 g/mol. The minimum Gasteiger partial charge on any atom is -0.458 e. The SMILES string of the molecule is O=C(CN1C(=O)C2CCCCC2C1=O)OCc1cc(=O)n2cc(Br)ccc2n1. The number of pyridine rings is 1. The predicted molar refractivity (Wildman–Crippen MR) is 101 cm³/mol. The lowest BCUT2D eigenvalue weighted by molar-refractivity contribution is -0.153. The molecule has 8 nitrogen and oxygen atoms in total. The number of likely N-dealkylation sites (tertiary alicyclic amines) is 1. The van der Waals surface area contributed by atoms with Gasteiger partial charge in [0, 0.05) is 16.7 Å². The third-order valence-corrected chi connectivity index (χ3v) is 5.75. The highest BCUT2D eigenvalue weighted by molar-refractivity contribution is 9.10. The number of amides is 2. The van der Waals surface area contributed by atoms with Gasteiger partial charge in [-0.2, -0.15) is 0 Å². The summed E-state index contributed by atoms with van der Waals surface area (Å²) in [5.74, 6) is -1.84. The van der Waals surface area contributed by atoms with Crippen LogP contribution in [0.4, 0.5) is 0 Å². The topological polar surface area (TPSA) is 98.0 Å². The fraction of sp³-hybridized carbons (Fsp3) is 0.421. The van der Waals surface area contributed by atoms with Crippen LogP contribution in [0.3, 0.4) is 0 Å². The van der Waals surface area contributed by atoms with Crippen molar-refractivity contribution in [1.29, 1.82) is 0 Å². The summed E-state index contributed by atoms with van der Waals surface area (Å²) in [7, 11) is 0. The van der Waals surface area contributed by atoms with E-state index >= 15 is 0 Å². The first kappa shape index (κ1) is 18.8. The van der Waals surface area contributed by atoms with Crippen molar-refractivity contribution in [1.82, 2.24) is 14.3 Å². The zero-order chi connectivity index (χ0) is 19.8. The molecular weight excluding hydrogens is 430 g/mol. The number of hydrogen-bond acceptors (Lipinski definition) is 6. The molecule has 2 atom stereocenters. The third-order valence-electron chi connectivity index (χ3n) is 5.28. The number of ether oxygens (including phenoxy) is 1. The Hall–Kier alpha value is -2.55. The molecule has 1 aliphatic carbocycles. The molecule has 1 aliphatic heterocycles. The van der Waals surface area contributed by atoms with E-state index in [-0.39, 0.29) is 35.8 Å². The van der Waals surface area contributed by atoms with Crippen LogP contribution in [0.1, 0.15) is 31.4 Å². The predicted octanol–water partition coefficient (Wildman–Crippen LogP) is 1.68. The van der Waals surface area contributed by atoms with E-state index in [9.17, 15) is 19.2 Å². The zero-order valence-electron chi connectivity index (χ0n) is 15.0. The number of carbonyl (C=O) groups is 3. The Morgan fingerprint density at radius 3 is 2.50 bits per heavy atom. The molecule has 1 saturated carbocycles. The largest absolute Gasteiger partial charge is 0.458 e. The van der Waals surface area contributed by atoms with Crippen molar-refractivity contribution in [3.05, 3.63) is 44.9 Å². The first-order chi connectivity index (χ1) is 13.4. The number of carbonyl (C=O) groups excluding carboxylic acids is 3. The molecule has 2 aromatic rings. The summed E-state index contributed by atoms with van der Waals surface area (Å²) in [5.41, 5.74) is 0.426. The van der Waals surface area contributed by atoms with E-state index in [1.54, 1.807) is 18.3 Å². The molecule has 146 valence electrons. The molecule has 0 radical (unpaired) electrons. The maximum Gasteiger partial charge on any atom is 0.326 e. The van der Waals surface area contributed by atoms with Crippen molar-refractivity contribution in [2.24, 2.45) is 11.8 Å². The molecule has 2 amide bonds. The molecule has 2 aliphatic rings. The number of nitrogens with zero attached hydrogens (tertiary/aromatic N) is 3. The van der Waals surface area contributed by atoms with Crippen molar-refractivity contribution < 1.29 is 19.1 Å². The van der Waals surface area contributed by atoms with Crippen LogP contribution in [0.15, 0.2) is 33.7 Å². The minimum atomic E-state index is -0.696. The molecule has 2 fully saturated rings. The van der Waals surface area contributed by atoms with Crippen molar-refractivity contribution in [2.75, 3.05) is 6.54 Å². The fourth-order valence-corrected chi connectivity index (χ4v) is 4.25. The lowest BCUT2D eigenvalue weighted by Crippen LogP contribution is -2.36. The molecular formula is C19H18BrN3O5. The first-order valence-electron chi connectivity index (χ1n) is 9.13. The molecule has 0 N–H and O–H groups in total. The summed E-state index contributed by atoms with van der Waals surface area (Å²) in [6, 6.07) is 4.70. The van der Waals surface area contributed by atoms with E-state index < -0.39 is 12.5 Å². The highest BCUT2D eigenvalue weighted by atomic mass is 79.9. The van der Waals surface area contributed by atoms with Gasteiger partial charge in [-0.05, 0) is 40.9 Å². The lowest BCUT2D eigenvalue weighted by Gasteiger charge is -2.19. The summed E-state index contributed by atoms with van der Waals surface area (Å²) in [6.07, 6.45) is 4.85. The molecule has 28 heavy (non-hydrogen) atoms. The first-order valence-corrected chi connectivity index (χ1v) is 9.92. The van der Waals surface area contributed by atoms with Crippen LogP contribution in [0, 0.1) is 11.8 Å². The number of rotatable bonds is 4. The van der Waals surface area contributed by atoms with Gasteiger partial charge in [0.25, 0.3) is 5.56 Å². The smallest absolute Gasteiger partial charge is 0.326 e.